The van der Waals surface area contributed by atoms with E-state index in [9.17, 15) is 15.3 Å². The van der Waals surface area contributed by atoms with Gasteiger partial charge < -0.3 is 15.3 Å². The second-order valence-corrected chi connectivity index (χ2v) is 12.2. The van der Waals surface area contributed by atoms with Crippen molar-refractivity contribution in [1.82, 2.24) is 9.80 Å². The lowest BCUT2D eigenvalue weighted by Crippen LogP contribution is -2.41. The van der Waals surface area contributed by atoms with Crippen molar-refractivity contribution in [2.75, 3.05) is 26.2 Å². The fraction of sp³-hybridized carbons (Fsp3) is 0.500. The number of nitrogens with zero attached hydrogens (tertiary/aromatic N) is 2. The molecule has 0 unspecified atom stereocenters. The summed E-state index contributed by atoms with van der Waals surface area (Å²) >= 11 is 0. The lowest BCUT2D eigenvalue weighted by Gasteiger charge is -2.35. The van der Waals surface area contributed by atoms with Crippen molar-refractivity contribution in [3.63, 3.8) is 0 Å². The Bertz CT molecular complexity index is 1290. The van der Waals surface area contributed by atoms with Crippen LogP contribution in [0, 0.1) is 0 Å². The van der Waals surface area contributed by atoms with Crippen LogP contribution in [0.25, 0.3) is 0 Å². The van der Waals surface area contributed by atoms with Crippen LogP contribution in [0.2, 0.25) is 0 Å². The highest BCUT2D eigenvalue weighted by Crippen LogP contribution is 2.34. The van der Waals surface area contributed by atoms with E-state index in [0.717, 1.165) is 96.0 Å². The predicted octanol–water partition coefficient (Wildman–Crippen LogP) is 6.43. The maximum atomic E-state index is 10.2. The molecule has 0 aromatic heterocycles. The van der Waals surface area contributed by atoms with Gasteiger partial charge in [0.25, 0.3) is 0 Å². The molecule has 0 saturated heterocycles. The van der Waals surface area contributed by atoms with Gasteiger partial charge >= 0.3 is 0 Å². The molecule has 3 aromatic rings. The topological polar surface area (TPSA) is 67.2 Å². The van der Waals surface area contributed by atoms with E-state index in [1.807, 2.05) is 12.1 Å². The molecule has 0 amide bonds. The van der Waals surface area contributed by atoms with Gasteiger partial charge in [0.15, 0.2) is 11.5 Å². The number of fused-ring (bicyclic) bond motifs is 2. The van der Waals surface area contributed by atoms with E-state index in [2.05, 4.69) is 54.0 Å². The fourth-order valence-electron chi connectivity index (χ4n) is 7.10. The summed E-state index contributed by atoms with van der Waals surface area (Å²) in [4.78, 5) is 5.30. The number of hydrogen-bond acceptors (Lipinski definition) is 5. The Hall–Kier alpha value is -3.02. The van der Waals surface area contributed by atoms with Crippen molar-refractivity contribution >= 4 is 0 Å². The molecule has 5 heteroatoms. The Balaban J connectivity index is 1.14. The van der Waals surface area contributed by atoms with Gasteiger partial charge in [0.05, 0.1) is 0 Å². The predicted molar refractivity (Wildman–Crippen MR) is 167 cm³/mol. The molecule has 3 N–H and O–H groups in total. The molecule has 2 aliphatic carbocycles. The Morgan fingerprint density at radius 1 is 0.610 bits per heavy atom. The van der Waals surface area contributed by atoms with E-state index in [0.29, 0.717) is 17.8 Å². The Morgan fingerprint density at radius 2 is 1.15 bits per heavy atom. The minimum absolute atomic E-state index is 0.00459. The summed E-state index contributed by atoms with van der Waals surface area (Å²) < 4.78 is 0. The fourth-order valence-corrected chi connectivity index (χ4v) is 7.10. The highest BCUT2D eigenvalue weighted by atomic mass is 16.3. The van der Waals surface area contributed by atoms with Gasteiger partial charge in [-0.25, -0.2) is 0 Å². The van der Waals surface area contributed by atoms with E-state index in [-0.39, 0.29) is 11.5 Å². The Labute approximate surface area is 246 Å². The summed E-state index contributed by atoms with van der Waals surface area (Å²) in [7, 11) is 0. The molecule has 0 spiro atoms. The zero-order chi connectivity index (χ0) is 28.8. The molecule has 0 saturated carbocycles. The molecule has 5 nitrogen and oxygen atoms in total. The maximum absolute atomic E-state index is 10.2. The number of rotatable bonds is 12. The van der Waals surface area contributed by atoms with Gasteiger partial charge in [-0.1, -0.05) is 50.2 Å². The third-order valence-corrected chi connectivity index (χ3v) is 9.38. The monoisotopic (exact) mass is 556 g/mol. The first-order chi connectivity index (χ1) is 19.9. The van der Waals surface area contributed by atoms with Crippen molar-refractivity contribution < 1.29 is 15.3 Å². The van der Waals surface area contributed by atoms with Gasteiger partial charge in [0.2, 0.25) is 0 Å². The van der Waals surface area contributed by atoms with E-state index >= 15 is 0 Å². The molecule has 2 aliphatic rings. The average molecular weight is 557 g/mol. The summed E-state index contributed by atoms with van der Waals surface area (Å²) in [5.41, 5.74) is 7.62. The second kappa shape index (κ2) is 13.8. The molecule has 220 valence electrons. The number of aromatic hydroxyl groups is 3. The molecule has 0 bridgehead atoms. The van der Waals surface area contributed by atoms with Crippen LogP contribution in [0.1, 0.15) is 72.9 Å². The van der Waals surface area contributed by atoms with Crippen LogP contribution in [0.15, 0.2) is 54.6 Å². The van der Waals surface area contributed by atoms with E-state index in [1.54, 1.807) is 12.1 Å². The standard InChI is InChI=1S/C36H48N2O3/c1-3-18-37(31-13-12-28-24-35(40)36(41)25-30(28)23-31)20-16-26-8-10-27(11-9-26)17-21-38(19-4-2)32-14-15-33-29(22-32)6-5-7-34(33)39/h5-11,24-25,31-32,39-41H,3-4,12-23H2,1-2H3/t31-,32+/m1/s1. The van der Waals surface area contributed by atoms with Crippen LogP contribution in [0.5, 0.6) is 17.2 Å². The van der Waals surface area contributed by atoms with Crippen LogP contribution in [0.4, 0.5) is 0 Å². The molecule has 0 fully saturated rings. The van der Waals surface area contributed by atoms with Gasteiger partial charge in [-0.2, -0.15) is 0 Å². The van der Waals surface area contributed by atoms with Crippen molar-refractivity contribution in [3.8, 4) is 17.2 Å². The van der Waals surface area contributed by atoms with Crippen molar-refractivity contribution in [2.45, 2.75) is 90.1 Å². The summed E-state index contributed by atoms with van der Waals surface area (Å²) in [5, 5.41) is 30.1. The number of benzene rings is 3. The third-order valence-electron chi connectivity index (χ3n) is 9.38. The number of aryl methyl sites for hydroxylation is 1. The van der Waals surface area contributed by atoms with Crippen molar-refractivity contribution in [3.05, 3.63) is 88.0 Å². The molecular weight excluding hydrogens is 508 g/mol. The van der Waals surface area contributed by atoms with E-state index in [4.69, 9.17) is 0 Å². The van der Waals surface area contributed by atoms with Crippen LogP contribution in [-0.4, -0.2) is 63.4 Å². The SMILES string of the molecule is CCCN(CCc1ccc(CCN(CCC)[C@H]2CCc3c(O)cccc3C2)cc1)[C@@H]1CCc2cc(O)c(O)cc2C1. The number of hydrogen-bond donors (Lipinski definition) is 3. The first-order valence-corrected chi connectivity index (χ1v) is 15.8. The highest BCUT2D eigenvalue weighted by molar-refractivity contribution is 5.47. The molecule has 2 atom stereocenters. The first-order valence-electron chi connectivity index (χ1n) is 15.8. The lowest BCUT2D eigenvalue weighted by atomic mass is 9.86. The largest absolute Gasteiger partial charge is 0.508 e. The smallest absolute Gasteiger partial charge is 0.157 e. The number of phenols is 3. The highest BCUT2D eigenvalue weighted by Gasteiger charge is 2.26. The van der Waals surface area contributed by atoms with Crippen molar-refractivity contribution in [2.24, 2.45) is 0 Å². The Morgan fingerprint density at radius 3 is 1.73 bits per heavy atom. The quantitative estimate of drug-likeness (QED) is 0.225. The number of phenolic OH excluding ortho intramolecular Hbond substituents is 3. The lowest BCUT2D eigenvalue weighted by molar-refractivity contribution is 0.181. The zero-order valence-corrected chi connectivity index (χ0v) is 25.0. The molecule has 5 rings (SSSR count). The van der Waals surface area contributed by atoms with E-state index in [1.165, 1.54) is 27.8 Å². The average Bonchev–Trinajstić information content (AvgIpc) is 2.98. The van der Waals surface area contributed by atoms with Crippen LogP contribution < -0.4 is 0 Å². The summed E-state index contributed by atoms with van der Waals surface area (Å²) in [6.07, 6.45) is 10.5. The van der Waals surface area contributed by atoms with Gasteiger partial charge in [0.1, 0.15) is 5.75 Å². The molecule has 0 radical (unpaired) electrons. The third kappa shape index (κ3) is 7.25. The normalized spacial score (nSPS) is 18.4. The van der Waals surface area contributed by atoms with Gasteiger partial charge in [-0.3, -0.25) is 9.80 Å². The van der Waals surface area contributed by atoms with Gasteiger partial charge in [-0.05, 0) is 129 Å². The minimum atomic E-state index is -0.00583. The van der Waals surface area contributed by atoms with Gasteiger partial charge in [-0.15, -0.1) is 0 Å². The van der Waals surface area contributed by atoms with Crippen LogP contribution >= 0.6 is 0 Å². The molecule has 41 heavy (non-hydrogen) atoms. The molecular formula is C36H48N2O3. The van der Waals surface area contributed by atoms with Crippen molar-refractivity contribution in [1.29, 1.82) is 0 Å². The maximum Gasteiger partial charge on any atom is 0.157 e. The molecule has 0 heterocycles. The first kappa shape index (κ1) is 29.5. The van der Waals surface area contributed by atoms with Crippen LogP contribution in [0.3, 0.4) is 0 Å². The minimum Gasteiger partial charge on any atom is -0.508 e. The molecule has 0 aliphatic heterocycles. The second-order valence-electron chi connectivity index (χ2n) is 12.2. The summed E-state index contributed by atoms with van der Waals surface area (Å²) in [5.74, 6) is 0.454. The summed E-state index contributed by atoms with van der Waals surface area (Å²) in [6.45, 7) is 8.84. The summed E-state index contributed by atoms with van der Waals surface area (Å²) in [6, 6.07) is 19.8. The molecule has 3 aromatic carbocycles. The Kier molecular flexibility index (Phi) is 9.89. The van der Waals surface area contributed by atoms with Crippen LogP contribution in [-0.2, 0) is 38.5 Å². The zero-order valence-electron chi connectivity index (χ0n) is 25.0. The van der Waals surface area contributed by atoms with E-state index < -0.39 is 0 Å². The van der Waals surface area contributed by atoms with Gasteiger partial charge in [0, 0.05) is 25.2 Å².